The van der Waals surface area contributed by atoms with E-state index in [1.165, 1.54) is 24.4 Å². The first-order valence-electron chi connectivity index (χ1n) is 11.6. The molecule has 0 radical (unpaired) electrons. The van der Waals surface area contributed by atoms with E-state index in [4.69, 9.17) is 32.7 Å². The molecule has 1 saturated heterocycles. The van der Waals surface area contributed by atoms with Crippen LogP contribution in [0.2, 0.25) is 10.0 Å². The van der Waals surface area contributed by atoms with Crippen molar-refractivity contribution in [1.82, 2.24) is 9.55 Å². The van der Waals surface area contributed by atoms with Crippen molar-refractivity contribution in [2.45, 2.75) is 50.6 Å². The van der Waals surface area contributed by atoms with Gasteiger partial charge in [0.1, 0.15) is 0 Å². The summed E-state index contributed by atoms with van der Waals surface area (Å²) >= 11 is 12.3. The van der Waals surface area contributed by atoms with Gasteiger partial charge in [0.2, 0.25) is 5.78 Å². The van der Waals surface area contributed by atoms with Crippen molar-refractivity contribution in [1.29, 1.82) is 0 Å². The summed E-state index contributed by atoms with van der Waals surface area (Å²) in [6, 6.07) is 10.00. The number of hydrogen-bond acceptors (Lipinski definition) is 4. The molecular formula is C26H25Cl2F3N2O3. The SMILES string of the molecule is O=C(c1ccccc1C(F)(F)F)c1nccn1CC(CCOC1CCCCO1)c1ccc(Cl)c(Cl)c1. The van der Waals surface area contributed by atoms with E-state index >= 15 is 0 Å². The minimum atomic E-state index is -4.66. The first-order chi connectivity index (χ1) is 17.2. The zero-order chi connectivity index (χ0) is 25.7. The summed E-state index contributed by atoms with van der Waals surface area (Å²) in [5.41, 5.74) is -0.576. The maximum Gasteiger partial charge on any atom is 0.417 e. The van der Waals surface area contributed by atoms with Gasteiger partial charge in [-0.15, -0.1) is 0 Å². The molecule has 0 aliphatic carbocycles. The van der Waals surface area contributed by atoms with Crippen molar-refractivity contribution < 1.29 is 27.4 Å². The monoisotopic (exact) mass is 540 g/mol. The Morgan fingerprint density at radius 1 is 1.17 bits per heavy atom. The maximum absolute atomic E-state index is 13.5. The maximum atomic E-state index is 13.5. The van der Waals surface area contributed by atoms with Gasteiger partial charge in [-0.2, -0.15) is 13.2 Å². The van der Waals surface area contributed by atoms with Gasteiger partial charge in [0.15, 0.2) is 12.1 Å². The second-order valence-electron chi connectivity index (χ2n) is 8.60. The van der Waals surface area contributed by atoms with Crippen LogP contribution in [0.25, 0.3) is 0 Å². The van der Waals surface area contributed by atoms with E-state index in [-0.39, 0.29) is 24.6 Å². The summed E-state index contributed by atoms with van der Waals surface area (Å²) in [6.07, 6.45) is 1.52. The Kier molecular flexibility index (Phi) is 8.72. The van der Waals surface area contributed by atoms with Crippen LogP contribution in [0.15, 0.2) is 54.9 Å². The van der Waals surface area contributed by atoms with Crippen LogP contribution in [0.3, 0.4) is 0 Å². The van der Waals surface area contributed by atoms with Crippen LogP contribution >= 0.6 is 23.2 Å². The lowest BCUT2D eigenvalue weighted by atomic mass is 9.95. The largest absolute Gasteiger partial charge is 0.417 e. The highest BCUT2D eigenvalue weighted by molar-refractivity contribution is 6.42. The summed E-state index contributed by atoms with van der Waals surface area (Å²) < 4.78 is 53.7. The molecule has 3 aromatic rings. The van der Waals surface area contributed by atoms with Gasteiger partial charge >= 0.3 is 6.18 Å². The second-order valence-corrected chi connectivity index (χ2v) is 9.42. The summed E-state index contributed by atoms with van der Waals surface area (Å²) in [6.45, 7) is 1.34. The molecule has 2 atom stereocenters. The van der Waals surface area contributed by atoms with Crippen molar-refractivity contribution in [3.8, 4) is 0 Å². The molecule has 1 aromatic heterocycles. The van der Waals surface area contributed by atoms with E-state index in [1.54, 1.807) is 22.9 Å². The highest BCUT2D eigenvalue weighted by Gasteiger charge is 2.36. The molecule has 2 unspecified atom stereocenters. The van der Waals surface area contributed by atoms with Crippen molar-refractivity contribution in [2.75, 3.05) is 13.2 Å². The van der Waals surface area contributed by atoms with Gasteiger partial charge in [0.25, 0.3) is 0 Å². The second kappa shape index (κ2) is 11.8. The fraction of sp³-hybridized carbons (Fsp3) is 0.385. The molecule has 10 heteroatoms. The lowest BCUT2D eigenvalue weighted by Gasteiger charge is -2.25. The highest BCUT2D eigenvalue weighted by Crippen LogP contribution is 2.33. The van der Waals surface area contributed by atoms with Gasteiger partial charge in [0, 0.05) is 37.0 Å². The molecule has 36 heavy (non-hydrogen) atoms. The Hall–Kier alpha value is -2.39. The Morgan fingerprint density at radius 2 is 1.97 bits per heavy atom. The molecule has 1 aliphatic heterocycles. The number of carbonyl (C=O) groups is 1. The molecule has 5 nitrogen and oxygen atoms in total. The average Bonchev–Trinajstić information content (AvgIpc) is 3.33. The van der Waals surface area contributed by atoms with Crippen LogP contribution < -0.4 is 0 Å². The van der Waals surface area contributed by atoms with Crippen LogP contribution in [-0.2, 0) is 22.2 Å². The van der Waals surface area contributed by atoms with E-state index in [0.717, 1.165) is 30.9 Å². The topological polar surface area (TPSA) is 53.4 Å². The van der Waals surface area contributed by atoms with Crippen LogP contribution in [0.5, 0.6) is 0 Å². The van der Waals surface area contributed by atoms with Gasteiger partial charge in [-0.05, 0) is 49.4 Å². The Labute approximate surface area is 217 Å². The average molecular weight is 541 g/mol. The molecule has 0 spiro atoms. The number of rotatable bonds is 9. The number of carbonyl (C=O) groups excluding carboxylic acids is 1. The van der Waals surface area contributed by atoms with Gasteiger partial charge in [-0.25, -0.2) is 4.98 Å². The van der Waals surface area contributed by atoms with E-state index in [9.17, 15) is 18.0 Å². The third-order valence-corrected chi connectivity index (χ3v) is 6.87. The quantitative estimate of drug-likeness (QED) is 0.270. The Morgan fingerprint density at radius 3 is 2.69 bits per heavy atom. The van der Waals surface area contributed by atoms with Crippen molar-refractivity contribution >= 4 is 29.0 Å². The Bertz CT molecular complexity index is 1190. The number of hydrogen-bond donors (Lipinski definition) is 0. The van der Waals surface area contributed by atoms with E-state index < -0.39 is 23.1 Å². The lowest BCUT2D eigenvalue weighted by molar-refractivity contribution is -0.163. The van der Waals surface area contributed by atoms with Crippen molar-refractivity contribution in [2.24, 2.45) is 0 Å². The molecule has 0 saturated carbocycles. The summed E-state index contributed by atoms with van der Waals surface area (Å²) in [4.78, 5) is 17.3. The number of imidazole rings is 1. The number of benzene rings is 2. The number of alkyl halides is 3. The normalized spacial score (nSPS) is 17.2. The highest BCUT2D eigenvalue weighted by atomic mass is 35.5. The molecule has 2 aromatic carbocycles. The van der Waals surface area contributed by atoms with Crippen LogP contribution in [0.1, 0.15) is 58.9 Å². The van der Waals surface area contributed by atoms with Gasteiger partial charge in [-0.1, -0.05) is 47.5 Å². The number of nitrogens with zero attached hydrogens (tertiary/aromatic N) is 2. The number of aromatic nitrogens is 2. The van der Waals surface area contributed by atoms with Gasteiger partial charge in [-0.3, -0.25) is 4.79 Å². The molecule has 192 valence electrons. The smallest absolute Gasteiger partial charge is 0.353 e. The molecule has 2 heterocycles. The lowest BCUT2D eigenvalue weighted by Crippen LogP contribution is -2.24. The molecule has 0 bridgehead atoms. The fourth-order valence-corrected chi connectivity index (χ4v) is 4.57. The van der Waals surface area contributed by atoms with Crippen LogP contribution in [0, 0.1) is 0 Å². The standard InChI is InChI=1S/C26H25Cl2F3N2O3/c27-21-9-8-17(15-22(21)28)18(10-14-36-23-7-3-4-13-35-23)16-33-12-11-32-25(33)24(34)19-5-1-2-6-20(19)26(29,30)31/h1-2,5-6,8-9,11-12,15,18,23H,3-4,7,10,13-14,16H2. The molecule has 0 N–H and O–H groups in total. The first-order valence-corrected chi connectivity index (χ1v) is 12.4. The van der Waals surface area contributed by atoms with Gasteiger partial charge < -0.3 is 14.0 Å². The van der Waals surface area contributed by atoms with E-state index in [0.29, 0.717) is 29.7 Å². The molecule has 1 aliphatic rings. The Balaban J connectivity index is 1.57. The number of halogens is 5. The number of ketones is 1. The zero-order valence-corrected chi connectivity index (χ0v) is 20.8. The van der Waals surface area contributed by atoms with Crippen molar-refractivity contribution in [3.63, 3.8) is 0 Å². The van der Waals surface area contributed by atoms with Crippen molar-refractivity contribution in [3.05, 3.63) is 87.4 Å². The predicted molar refractivity (Wildman–Crippen MR) is 130 cm³/mol. The minimum Gasteiger partial charge on any atom is -0.353 e. The van der Waals surface area contributed by atoms with E-state index in [1.807, 2.05) is 6.07 Å². The van der Waals surface area contributed by atoms with Crippen LogP contribution in [-0.4, -0.2) is 34.8 Å². The summed E-state index contributed by atoms with van der Waals surface area (Å²) in [5.74, 6) is -1.05. The third kappa shape index (κ3) is 6.48. The molecule has 0 amide bonds. The minimum absolute atomic E-state index is 0.0757. The molecular weight excluding hydrogens is 516 g/mol. The third-order valence-electron chi connectivity index (χ3n) is 6.14. The molecule has 4 rings (SSSR count). The fourth-order valence-electron chi connectivity index (χ4n) is 4.27. The zero-order valence-electron chi connectivity index (χ0n) is 19.3. The van der Waals surface area contributed by atoms with Gasteiger partial charge in [0.05, 0.1) is 22.2 Å². The summed E-state index contributed by atoms with van der Waals surface area (Å²) in [5, 5.41) is 0.796. The predicted octanol–water partition coefficient (Wildman–Crippen LogP) is 7.16. The van der Waals surface area contributed by atoms with E-state index in [2.05, 4.69) is 4.98 Å². The number of ether oxygens (including phenoxy) is 2. The first kappa shape index (κ1) is 26.7. The summed E-state index contributed by atoms with van der Waals surface area (Å²) in [7, 11) is 0. The van der Waals surface area contributed by atoms with Crippen LogP contribution in [0.4, 0.5) is 13.2 Å². The molecule has 1 fully saturated rings.